The first-order valence-electron chi connectivity index (χ1n) is 9.40. The zero-order chi connectivity index (χ0) is 23.3. The van der Waals surface area contributed by atoms with Crippen LogP contribution in [0.15, 0.2) is 47.7 Å². The summed E-state index contributed by atoms with van der Waals surface area (Å²) in [7, 11) is 0. The lowest BCUT2D eigenvalue weighted by atomic mass is 10.1. The van der Waals surface area contributed by atoms with Gasteiger partial charge in [0.2, 0.25) is 11.8 Å². The van der Waals surface area contributed by atoms with Gasteiger partial charge in [-0.15, -0.1) is 0 Å². The Morgan fingerprint density at radius 1 is 1.28 bits per heavy atom. The van der Waals surface area contributed by atoms with Crippen LogP contribution in [0, 0.1) is 5.82 Å². The Kier molecular flexibility index (Phi) is 7.21. The van der Waals surface area contributed by atoms with E-state index in [4.69, 9.17) is 10.5 Å². The Morgan fingerprint density at radius 3 is 2.78 bits per heavy atom. The topological polar surface area (TPSA) is 131 Å². The maximum Gasteiger partial charge on any atom is 0.247 e. The fourth-order valence-electron chi connectivity index (χ4n) is 2.77. The van der Waals surface area contributed by atoms with E-state index >= 15 is 0 Å². The second kappa shape index (κ2) is 10.1. The highest BCUT2D eigenvalue weighted by atomic mass is 79.9. The molecule has 32 heavy (non-hydrogen) atoms. The van der Waals surface area contributed by atoms with E-state index < -0.39 is 11.7 Å². The summed E-state index contributed by atoms with van der Waals surface area (Å²) in [4.78, 5) is 31.4. The number of rotatable bonds is 8. The van der Waals surface area contributed by atoms with E-state index in [0.717, 1.165) is 6.08 Å². The van der Waals surface area contributed by atoms with Crippen LogP contribution in [0.4, 0.5) is 27.3 Å². The monoisotopic (exact) mass is 502 g/mol. The summed E-state index contributed by atoms with van der Waals surface area (Å²) in [5, 5.41) is 8.71. The maximum atomic E-state index is 14.6. The fourth-order valence-corrected chi connectivity index (χ4v) is 3.07. The zero-order valence-electron chi connectivity index (χ0n) is 17.0. The van der Waals surface area contributed by atoms with Gasteiger partial charge in [-0.05, 0) is 40.2 Å². The normalized spacial score (nSPS) is 10.5. The van der Waals surface area contributed by atoms with Crippen molar-refractivity contribution in [3.05, 3.63) is 53.5 Å². The number of nitrogens with one attached hydrogen (secondary N) is 3. The number of benzene rings is 2. The lowest BCUT2D eigenvalue weighted by molar-refractivity contribution is -0.119. The van der Waals surface area contributed by atoms with E-state index in [9.17, 15) is 14.0 Å². The molecule has 5 N–H and O–H groups in total. The lowest BCUT2D eigenvalue weighted by Gasteiger charge is -2.15. The van der Waals surface area contributed by atoms with Crippen molar-refractivity contribution in [2.75, 3.05) is 29.5 Å². The third-order valence-corrected chi connectivity index (χ3v) is 4.98. The summed E-state index contributed by atoms with van der Waals surface area (Å²) in [6, 6.07) is 6.35. The Balaban J connectivity index is 2.00. The van der Waals surface area contributed by atoms with Crippen LogP contribution < -0.4 is 26.4 Å². The fraction of sp³-hybridized carbons (Fsp3) is 0.143. The first-order chi connectivity index (χ1) is 15.3. The van der Waals surface area contributed by atoms with Crippen molar-refractivity contribution in [3.63, 3.8) is 0 Å². The van der Waals surface area contributed by atoms with Crippen molar-refractivity contribution in [3.8, 4) is 5.75 Å². The van der Waals surface area contributed by atoms with Crippen molar-refractivity contribution in [1.29, 1.82) is 0 Å². The molecule has 2 amide bonds. The van der Waals surface area contributed by atoms with E-state index in [0.29, 0.717) is 32.6 Å². The molecule has 9 nitrogen and oxygen atoms in total. The minimum atomic E-state index is -0.635. The highest BCUT2D eigenvalue weighted by molar-refractivity contribution is 9.10. The van der Waals surface area contributed by atoms with E-state index in [2.05, 4.69) is 48.4 Å². The van der Waals surface area contributed by atoms with Gasteiger partial charge >= 0.3 is 0 Å². The number of nitrogens with two attached hydrogens (primary N) is 1. The molecule has 0 aliphatic rings. The summed E-state index contributed by atoms with van der Waals surface area (Å²) < 4.78 is 20.7. The smallest absolute Gasteiger partial charge is 0.247 e. The molecule has 0 unspecified atom stereocenters. The summed E-state index contributed by atoms with van der Waals surface area (Å²) >= 11 is 3.18. The molecule has 2 aromatic carbocycles. The molecule has 3 aromatic rings. The summed E-state index contributed by atoms with van der Waals surface area (Å²) in [6.07, 6.45) is 2.43. The highest BCUT2D eigenvalue weighted by Gasteiger charge is 2.15. The second-order valence-electron chi connectivity index (χ2n) is 6.56. The molecule has 0 saturated heterocycles. The number of hydrogen-bond donors (Lipinski definition) is 4. The van der Waals surface area contributed by atoms with Gasteiger partial charge in [-0.1, -0.05) is 6.58 Å². The average Bonchev–Trinajstić information content (AvgIpc) is 2.77. The van der Waals surface area contributed by atoms with Gasteiger partial charge in [0.1, 0.15) is 24.5 Å². The van der Waals surface area contributed by atoms with Crippen LogP contribution in [0.1, 0.15) is 6.92 Å². The molecule has 11 heteroatoms. The number of hydrogen-bond acceptors (Lipinski definition) is 7. The molecule has 0 radical (unpaired) electrons. The molecular weight excluding hydrogens is 483 g/mol. The van der Waals surface area contributed by atoms with E-state index in [-0.39, 0.29) is 30.4 Å². The highest BCUT2D eigenvalue weighted by Crippen LogP contribution is 2.35. The third kappa shape index (κ3) is 5.30. The minimum Gasteiger partial charge on any atom is -0.489 e. The van der Waals surface area contributed by atoms with Gasteiger partial charge < -0.3 is 26.4 Å². The van der Waals surface area contributed by atoms with Crippen LogP contribution in [0.5, 0.6) is 5.75 Å². The van der Waals surface area contributed by atoms with Gasteiger partial charge in [0.25, 0.3) is 0 Å². The summed E-state index contributed by atoms with van der Waals surface area (Å²) in [6.45, 7) is 5.30. The van der Waals surface area contributed by atoms with Gasteiger partial charge in [0.05, 0.1) is 29.1 Å². The molecule has 0 bridgehead atoms. The molecule has 166 valence electrons. The van der Waals surface area contributed by atoms with Crippen LogP contribution in [-0.2, 0) is 9.59 Å². The van der Waals surface area contributed by atoms with Crippen LogP contribution in [0.25, 0.3) is 10.9 Å². The number of anilines is 4. The van der Waals surface area contributed by atoms with Crippen molar-refractivity contribution >= 4 is 61.5 Å². The molecule has 0 aliphatic heterocycles. The average molecular weight is 503 g/mol. The second-order valence-corrected chi connectivity index (χ2v) is 7.41. The Bertz CT molecular complexity index is 1200. The first-order valence-corrected chi connectivity index (χ1v) is 10.2. The lowest BCUT2D eigenvalue weighted by Crippen LogP contribution is -2.25. The zero-order valence-corrected chi connectivity index (χ0v) is 18.6. The quantitative estimate of drug-likeness (QED) is 0.210. The largest absolute Gasteiger partial charge is 0.489 e. The molecule has 0 fully saturated rings. The summed E-state index contributed by atoms with van der Waals surface area (Å²) in [5.74, 6) is -0.633. The number of amides is 2. The van der Waals surface area contributed by atoms with E-state index in [1.165, 1.54) is 19.3 Å². The van der Waals surface area contributed by atoms with Crippen molar-refractivity contribution in [1.82, 2.24) is 15.3 Å². The third-order valence-electron chi connectivity index (χ3n) is 4.29. The minimum absolute atomic E-state index is 0.0397. The van der Waals surface area contributed by atoms with Crippen molar-refractivity contribution in [2.24, 2.45) is 0 Å². The predicted octanol–water partition coefficient (Wildman–Crippen LogP) is 3.50. The van der Waals surface area contributed by atoms with E-state index in [1.54, 1.807) is 18.2 Å². The molecule has 0 aliphatic carbocycles. The van der Waals surface area contributed by atoms with E-state index in [1.807, 2.05) is 0 Å². The number of nitrogen functional groups attached to an aromatic ring is 1. The number of aromatic nitrogens is 2. The Morgan fingerprint density at radius 2 is 2.06 bits per heavy atom. The molecule has 3 rings (SSSR count). The van der Waals surface area contributed by atoms with Gasteiger partial charge in [-0.25, -0.2) is 14.4 Å². The Labute approximate surface area is 191 Å². The SMILES string of the molecule is C=CC(=O)Nc1cc2c(Nc3ccc(Br)c(N)c3F)ncnc2cc1OCCNC(C)=O. The summed E-state index contributed by atoms with van der Waals surface area (Å²) in [5.41, 5.74) is 6.65. The maximum absolute atomic E-state index is 14.6. The standard InChI is InChI=1S/C21H20BrFN6O3/c1-3-18(31)28-16-8-12-15(9-17(16)32-7-6-25-11(2)30)26-10-27-21(12)29-14-5-4-13(22)20(24)19(14)23/h3-5,8-10H,1,6-7,24H2,2H3,(H,25,30)(H,28,31)(H,26,27,29). The first kappa shape index (κ1) is 22.9. The Hall–Kier alpha value is -3.73. The van der Waals surface area contributed by atoms with Gasteiger partial charge in [0, 0.05) is 22.8 Å². The molecule has 1 aromatic heterocycles. The molecule has 0 atom stereocenters. The number of carbonyl (C=O) groups is 2. The number of halogens is 2. The van der Waals surface area contributed by atoms with Gasteiger partial charge in [-0.2, -0.15) is 0 Å². The van der Waals surface area contributed by atoms with Gasteiger partial charge in [-0.3, -0.25) is 9.59 Å². The molecule has 0 spiro atoms. The van der Waals surface area contributed by atoms with Crippen LogP contribution in [0.2, 0.25) is 0 Å². The van der Waals surface area contributed by atoms with Crippen molar-refractivity contribution in [2.45, 2.75) is 6.92 Å². The van der Waals surface area contributed by atoms with Crippen molar-refractivity contribution < 1.29 is 18.7 Å². The van der Waals surface area contributed by atoms with Crippen LogP contribution >= 0.6 is 15.9 Å². The number of nitrogens with zero attached hydrogens (tertiary/aromatic N) is 2. The van der Waals surface area contributed by atoms with Crippen LogP contribution in [0.3, 0.4) is 0 Å². The van der Waals surface area contributed by atoms with Gasteiger partial charge in [0.15, 0.2) is 5.82 Å². The molecular formula is C21H20BrFN6O3. The number of carbonyl (C=O) groups excluding carboxylic acids is 2. The number of fused-ring (bicyclic) bond motifs is 1. The van der Waals surface area contributed by atoms with Crippen LogP contribution in [-0.4, -0.2) is 34.9 Å². The molecule has 1 heterocycles. The molecule has 0 saturated carbocycles. The predicted molar refractivity (Wildman–Crippen MR) is 124 cm³/mol. The number of ether oxygens (including phenoxy) is 1.